The number of ether oxygens (including phenoxy) is 3. The van der Waals surface area contributed by atoms with Gasteiger partial charge in [-0.2, -0.15) is 0 Å². The number of hydrogen-bond acceptors (Lipinski definition) is 6. The van der Waals surface area contributed by atoms with Crippen molar-refractivity contribution < 1.29 is 28.6 Å². The van der Waals surface area contributed by atoms with E-state index in [4.69, 9.17) is 14.2 Å². The van der Waals surface area contributed by atoms with Gasteiger partial charge in [0, 0.05) is 19.3 Å². The highest BCUT2D eigenvalue weighted by Crippen LogP contribution is 2.14. The van der Waals surface area contributed by atoms with Crippen molar-refractivity contribution in [3.63, 3.8) is 0 Å². The van der Waals surface area contributed by atoms with E-state index < -0.39 is 12.1 Å². The lowest BCUT2D eigenvalue weighted by atomic mass is 10.0. The molecule has 0 aromatic carbocycles. The first kappa shape index (κ1) is 64.5. The fourth-order valence-electron chi connectivity index (χ4n) is 7.04. The van der Waals surface area contributed by atoms with E-state index >= 15 is 0 Å². The summed E-state index contributed by atoms with van der Waals surface area (Å²) in [5.74, 6) is -1.11. The molecule has 6 heteroatoms. The summed E-state index contributed by atoms with van der Waals surface area (Å²) in [5.41, 5.74) is 0. The third-order valence-electron chi connectivity index (χ3n) is 11.2. The molecule has 0 aromatic rings. The lowest BCUT2D eigenvalue weighted by molar-refractivity contribution is -0.166. The SMILES string of the molecule is CCC=CCC=CCC=CCC=CCC=CCC=CCCC(=O)OC(COC(=O)CCC=CCC=CCC=CCC=CCC=CCCCCC)COC(=O)CCCCCCCCCCCCCCC. The maximum absolute atomic E-state index is 12.8. The molecule has 0 aromatic heterocycles. The normalized spacial score (nSPS) is 13.1. The molecule has 0 saturated carbocycles. The van der Waals surface area contributed by atoms with Gasteiger partial charge in [-0.05, 0) is 96.3 Å². The molecule has 1 atom stereocenters. The monoisotopic (exact) mass is 953 g/mol. The first-order chi connectivity index (χ1) is 34.0. The van der Waals surface area contributed by atoms with Crippen molar-refractivity contribution in [3.05, 3.63) is 134 Å². The van der Waals surface area contributed by atoms with E-state index in [-0.39, 0.29) is 38.0 Å². The predicted molar refractivity (Wildman–Crippen MR) is 297 cm³/mol. The first-order valence-corrected chi connectivity index (χ1v) is 27.7. The van der Waals surface area contributed by atoms with Gasteiger partial charge in [0.05, 0.1) is 0 Å². The summed E-state index contributed by atoms with van der Waals surface area (Å²) in [6.07, 6.45) is 78.9. The molecule has 0 aliphatic rings. The fraction of sp³-hybridized carbons (Fsp3) is 0.603. The van der Waals surface area contributed by atoms with Crippen LogP contribution in [-0.2, 0) is 28.6 Å². The van der Waals surface area contributed by atoms with Crippen LogP contribution in [0.15, 0.2) is 134 Å². The zero-order chi connectivity index (χ0) is 50.0. The Balaban J connectivity index is 4.63. The van der Waals surface area contributed by atoms with Crippen LogP contribution in [0.4, 0.5) is 0 Å². The van der Waals surface area contributed by atoms with Crippen molar-refractivity contribution in [3.8, 4) is 0 Å². The largest absolute Gasteiger partial charge is 0.462 e. The third kappa shape index (κ3) is 54.4. The maximum Gasteiger partial charge on any atom is 0.306 e. The number of carbonyl (C=O) groups is 3. The molecule has 6 nitrogen and oxygen atoms in total. The van der Waals surface area contributed by atoms with Crippen molar-refractivity contribution in [2.24, 2.45) is 0 Å². The molecule has 69 heavy (non-hydrogen) atoms. The van der Waals surface area contributed by atoms with Crippen LogP contribution in [0.5, 0.6) is 0 Å². The molecular weight excluding hydrogens is 853 g/mol. The van der Waals surface area contributed by atoms with E-state index in [1.54, 1.807) is 0 Å². The number of unbranched alkanes of at least 4 members (excludes halogenated alkanes) is 15. The van der Waals surface area contributed by atoms with Crippen LogP contribution >= 0.6 is 0 Å². The van der Waals surface area contributed by atoms with Gasteiger partial charge in [-0.15, -0.1) is 0 Å². The van der Waals surface area contributed by atoms with Gasteiger partial charge in [0.2, 0.25) is 0 Å². The van der Waals surface area contributed by atoms with Crippen LogP contribution in [0.2, 0.25) is 0 Å². The van der Waals surface area contributed by atoms with Crippen LogP contribution in [0.1, 0.15) is 226 Å². The van der Waals surface area contributed by atoms with E-state index in [0.29, 0.717) is 19.3 Å². The summed E-state index contributed by atoms with van der Waals surface area (Å²) < 4.78 is 16.7. The molecule has 388 valence electrons. The molecule has 0 bridgehead atoms. The lowest BCUT2D eigenvalue weighted by Gasteiger charge is -2.18. The number of hydrogen-bond donors (Lipinski definition) is 0. The van der Waals surface area contributed by atoms with Crippen LogP contribution in [0.25, 0.3) is 0 Å². The third-order valence-corrected chi connectivity index (χ3v) is 11.2. The van der Waals surface area contributed by atoms with E-state index in [1.165, 1.54) is 89.9 Å². The second kappa shape index (κ2) is 56.1. The smallest absolute Gasteiger partial charge is 0.306 e. The Kier molecular flexibility index (Phi) is 52.5. The van der Waals surface area contributed by atoms with Crippen molar-refractivity contribution in [1.29, 1.82) is 0 Å². The Hall–Kier alpha value is -4.45. The van der Waals surface area contributed by atoms with Gasteiger partial charge in [0.25, 0.3) is 0 Å². The Morgan fingerprint density at radius 2 is 0.594 bits per heavy atom. The summed E-state index contributed by atoms with van der Waals surface area (Å²) >= 11 is 0. The lowest BCUT2D eigenvalue weighted by Crippen LogP contribution is -2.30. The highest BCUT2D eigenvalue weighted by Gasteiger charge is 2.19. The fourth-order valence-corrected chi connectivity index (χ4v) is 7.04. The highest BCUT2D eigenvalue weighted by atomic mass is 16.6. The Morgan fingerprint density at radius 1 is 0.304 bits per heavy atom. The van der Waals surface area contributed by atoms with Gasteiger partial charge < -0.3 is 14.2 Å². The second-order valence-corrected chi connectivity index (χ2v) is 17.8. The molecule has 0 fully saturated rings. The number of allylic oxidation sites excluding steroid dienone is 22. The molecule has 0 rings (SSSR count). The summed E-state index contributed by atoms with van der Waals surface area (Å²) in [7, 11) is 0. The van der Waals surface area contributed by atoms with Gasteiger partial charge in [0.1, 0.15) is 13.2 Å². The Bertz CT molecular complexity index is 1510. The van der Waals surface area contributed by atoms with E-state index in [0.717, 1.165) is 83.5 Å². The van der Waals surface area contributed by atoms with Crippen molar-refractivity contribution in [1.82, 2.24) is 0 Å². The summed E-state index contributed by atoms with van der Waals surface area (Å²) in [6.45, 7) is 6.36. The zero-order valence-electron chi connectivity index (χ0n) is 44.3. The molecule has 0 heterocycles. The molecule has 0 amide bonds. The maximum atomic E-state index is 12.8. The van der Waals surface area contributed by atoms with Crippen LogP contribution in [0, 0.1) is 0 Å². The standard InChI is InChI=1S/C63H100O6/c1-4-7-10-13-16-19-22-25-27-29-31-33-35-38-41-44-47-50-53-56-62(65)68-59-60(58-67-61(64)55-52-49-46-43-40-37-24-21-18-15-12-9-6-3)69-63(66)57-54-51-48-45-42-39-36-34-32-30-28-26-23-20-17-14-11-8-5-2/h8,11,16-17,19-20,25-28,31-34,38-39,41-42,47-48,50-51,60H,4-7,9-10,12-15,18,21-24,29-30,35-37,40,43-46,49,52-59H2,1-3H3. The summed E-state index contributed by atoms with van der Waals surface area (Å²) in [4.78, 5) is 38.0. The van der Waals surface area contributed by atoms with Crippen molar-refractivity contribution in [2.45, 2.75) is 232 Å². The summed E-state index contributed by atoms with van der Waals surface area (Å²) in [5, 5.41) is 0. The van der Waals surface area contributed by atoms with E-state index in [1.807, 2.05) is 24.3 Å². The quantitative estimate of drug-likeness (QED) is 0.0262. The van der Waals surface area contributed by atoms with E-state index in [2.05, 4.69) is 130 Å². The number of esters is 3. The molecule has 0 saturated heterocycles. The van der Waals surface area contributed by atoms with E-state index in [9.17, 15) is 14.4 Å². The van der Waals surface area contributed by atoms with Crippen LogP contribution in [-0.4, -0.2) is 37.2 Å². The minimum atomic E-state index is -0.852. The van der Waals surface area contributed by atoms with Crippen LogP contribution < -0.4 is 0 Å². The van der Waals surface area contributed by atoms with Crippen LogP contribution in [0.3, 0.4) is 0 Å². The highest BCUT2D eigenvalue weighted by molar-refractivity contribution is 5.71. The number of rotatable bonds is 48. The van der Waals surface area contributed by atoms with Crippen molar-refractivity contribution >= 4 is 17.9 Å². The van der Waals surface area contributed by atoms with Gasteiger partial charge in [-0.25, -0.2) is 0 Å². The Labute approximate surface area is 424 Å². The molecule has 1 unspecified atom stereocenters. The minimum Gasteiger partial charge on any atom is -0.462 e. The zero-order valence-corrected chi connectivity index (χ0v) is 44.3. The molecular formula is C63H100O6. The van der Waals surface area contributed by atoms with Gasteiger partial charge in [0.15, 0.2) is 6.10 Å². The van der Waals surface area contributed by atoms with Gasteiger partial charge >= 0.3 is 17.9 Å². The summed E-state index contributed by atoms with van der Waals surface area (Å²) in [6, 6.07) is 0. The minimum absolute atomic E-state index is 0.134. The molecule has 0 N–H and O–H groups in total. The van der Waals surface area contributed by atoms with Gasteiger partial charge in [-0.1, -0.05) is 244 Å². The molecule has 0 spiro atoms. The average molecular weight is 953 g/mol. The molecule has 0 aliphatic carbocycles. The predicted octanol–water partition coefficient (Wildman–Crippen LogP) is 18.6. The Morgan fingerprint density at radius 3 is 0.971 bits per heavy atom. The van der Waals surface area contributed by atoms with Gasteiger partial charge in [-0.3, -0.25) is 14.4 Å². The second-order valence-electron chi connectivity index (χ2n) is 17.8. The number of carbonyl (C=O) groups excluding carboxylic acids is 3. The van der Waals surface area contributed by atoms with Crippen molar-refractivity contribution in [2.75, 3.05) is 13.2 Å². The first-order valence-electron chi connectivity index (χ1n) is 27.7. The molecule has 0 radical (unpaired) electrons. The molecule has 0 aliphatic heterocycles. The topological polar surface area (TPSA) is 78.9 Å². The average Bonchev–Trinajstić information content (AvgIpc) is 3.35.